The number of halogens is 3. The van der Waals surface area contributed by atoms with Gasteiger partial charge in [0, 0.05) is 13.0 Å². The molecule has 1 aromatic rings. The number of alkyl halides is 3. The lowest BCUT2D eigenvalue weighted by molar-refractivity contribution is -0.139. The van der Waals surface area contributed by atoms with Crippen molar-refractivity contribution in [2.75, 3.05) is 13.1 Å². The number of aliphatic hydroxyl groups is 1. The van der Waals surface area contributed by atoms with E-state index in [1.54, 1.807) is 6.92 Å². The summed E-state index contributed by atoms with van der Waals surface area (Å²) in [5, 5.41) is 14.4. The lowest BCUT2D eigenvalue weighted by Crippen LogP contribution is -2.38. The van der Waals surface area contributed by atoms with Crippen LogP contribution in [0, 0.1) is 0 Å². The Morgan fingerprint density at radius 3 is 2.41 bits per heavy atom. The zero-order valence-corrected chi connectivity index (χ0v) is 11.9. The maximum Gasteiger partial charge on any atom is 0.416 e. The minimum absolute atomic E-state index is 0.217. The van der Waals surface area contributed by atoms with Crippen LogP contribution in [0.1, 0.15) is 30.6 Å². The van der Waals surface area contributed by atoms with Gasteiger partial charge in [-0.15, -0.1) is 0 Å². The molecule has 0 aliphatic heterocycles. The van der Waals surface area contributed by atoms with Crippen LogP contribution in [0.15, 0.2) is 24.3 Å². The number of hydrogen-bond acceptors (Lipinski definition) is 3. The molecular weight excluding hydrogens is 301 g/mol. The Morgan fingerprint density at radius 2 is 1.82 bits per heavy atom. The van der Waals surface area contributed by atoms with Crippen molar-refractivity contribution in [3.8, 4) is 0 Å². The molecule has 2 amide bonds. The summed E-state index contributed by atoms with van der Waals surface area (Å²) in [6.07, 6.45) is -5.87. The zero-order valence-electron chi connectivity index (χ0n) is 11.9. The van der Waals surface area contributed by atoms with Crippen LogP contribution in [0.25, 0.3) is 0 Å². The van der Waals surface area contributed by atoms with Crippen molar-refractivity contribution in [1.82, 2.24) is 10.6 Å². The van der Waals surface area contributed by atoms with Gasteiger partial charge >= 0.3 is 6.18 Å². The van der Waals surface area contributed by atoms with Gasteiger partial charge in [-0.3, -0.25) is 9.59 Å². The van der Waals surface area contributed by atoms with Crippen LogP contribution in [0.5, 0.6) is 0 Å². The summed E-state index contributed by atoms with van der Waals surface area (Å²) in [6.45, 7) is 0.944. The average Bonchev–Trinajstić information content (AvgIpc) is 2.49. The largest absolute Gasteiger partial charge is 0.416 e. The van der Waals surface area contributed by atoms with E-state index < -0.39 is 23.8 Å². The van der Waals surface area contributed by atoms with Crippen LogP contribution in [0.4, 0.5) is 13.2 Å². The SMILES string of the molecule is CCC(=O)NCC(=O)NCC(O)c1ccccc1C(F)(F)F. The van der Waals surface area contributed by atoms with Crippen LogP contribution in [-0.4, -0.2) is 30.0 Å². The number of nitrogens with one attached hydrogen (secondary N) is 2. The van der Waals surface area contributed by atoms with E-state index in [0.29, 0.717) is 0 Å². The molecule has 5 nitrogen and oxygen atoms in total. The van der Waals surface area contributed by atoms with Gasteiger partial charge in [0.1, 0.15) is 0 Å². The fraction of sp³-hybridized carbons (Fsp3) is 0.429. The molecule has 0 saturated carbocycles. The molecular formula is C14H17F3N2O3. The van der Waals surface area contributed by atoms with Gasteiger partial charge in [0.2, 0.25) is 11.8 Å². The van der Waals surface area contributed by atoms with Crippen LogP contribution < -0.4 is 10.6 Å². The lowest BCUT2D eigenvalue weighted by Gasteiger charge is -2.18. The van der Waals surface area contributed by atoms with Crippen molar-refractivity contribution in [1.29, 1.82) is 0 Å². The van der Waals surface area contributed by atoms with Crippen LogP contribution in [-0.2, 0) is 15.8 Å². The second kappa shape index (κ2) is 7.79. The zero-order chi connectivity index (χ0) is 16.8. The van der Waals surface area contributed by atoms with Crippen LogP contribution in [0.3, 0.4) is 0 Å². The summed E-state index contributed by atoms with van der Waals surface area (Å²) in [5.74, 6) is -0.913. The smallest absolute Gasteiger partial charge is 0.387 e. The minimum Gasteiger partial charge on any atom is -0.387 e. The predicted molar refractivity (Wildman–Crippen MR) is 72.7 cm³/mol. The van der Waals surface area contributed by atoms with E-state index in [2.05, 4.69) is 10.6 Å². The quantitative estimate of drug-likeness (QED) is 0.741. The van der Waals surface area contributed by atoms with E-state index in [-0.39, 0.29) is 31.0 Å². The molecule has 8 heteroatoms. The second-order valence-electron chi connectivity index (χ2n) is 4.54. The summed E-state index contributed by atoms with van der Waals surface area (Å²) in [5.41, 5.74) is -1.26. The number of aliphatic hydroxyl groups excluding tert-OH is 1. The van der Waals surface area contributed by atoms with E-state index >= 15 is 0 Å². The molecule has 22 heavy (non-hydrogen) atoms. The molecule has 3 N–H and O–H groups in total. The van der Waals surface area contributed by atoms with E-state index in [4.69, 9.17) is 0 Å². The molecule has 122 valence electrons. The summed E-state index contributed by atoms with van der Waals surface area (Å²) < 4.78 is 38.4. The molecule has 0 aliphatic carbocycles. The highest BCUT2D eigenvalue weighted by Crippen LogP contribution is 2.34. The van der Waals surface area contributed by atoms with Gasteiger partial charge in [0.05, 0.1) is 18.2 Å². The first-order valence-corrected chi connectivity index (χ1v) is 6.63. The van der Waals surface area contributed by atoms with E-state index in [1.165, 1.54) is 12.1 Å². The number of carbonyl (C=O) groups is 2. The topological polar surface area (TPSA) is 78.4 Å². The third-order valence-corrected chi connectivity index (χ3v) is 2.88. The minimum atomic E-state index is -4.59. The van der Waals surface area contributed by atoms with E-state index in [1.807, 2.05) is 0 Å². The highest BCUT2D eigenvalue weighted by Gasteiger charge is 2.34. The van der Waals surface area contributed by atoms with Gasteiger partial charge < -0.3 is 15.7 Å². The van der Waals surface area contributed by atoms with Crippen LogP contribution in [0.2, 0.25) is 0 Å². The number of amides is 2. The highest BCUT2D eigenvalue weighted by atomic mass is 19.4. The van der Waals surface area contributed by atoms with Crippen molar-refractivity contribution >= 4 is 11.8 Å². The first-order valence-electron chi connectivity index (χ1n) is 6.63. The molecule has 0 saturated heterocycles. The monoisotopic (exact) mass is 318 g/mol. The third-order valence-electron chi connectivity index (χ3n) is 2.88. The van der Waals surface area contributed by atoms with Crippen molar-refractivity contribution in [3.63, 3.8) is 0 Å². The van der Waals surface area contributed by atoms with Gasteiger partial charge in [-0.25, -0.2) is 0 Å². The van der Waals surface area contributed by atoms with Gasteiger partial charge in [0.15, 0.2) is 0 Å². The summed E-state index contributed by atoms with van der Waals surface area (Å²) in [6, 6.07) is 4.61. The average molecular weight is 318 g/mol. The normalized spacial score (nSPS) is 12.6. The third kappa shape index (κ3) is 5.36. The second-order valence-corrected chi connectivity index (χ2v) is 4.54. The highest BCUT2D eigenvalue weighted by molar-refractivity contribution is 5.84. The van der Waals surface area contributed by atoms with E-state index in [9.17, 15) is 27.9 Å². The van der Waals surface area contributed by atoms with Crippen LogP contribution >= 0.6 is 0 Å². The molecule has 1 atom stereocenters. The fourth-order valence-corrected chi connectivity index (χ4v) is 1.73. The van der Waals surface area contributed by atoms with Gasteiger partial charge in [0.25, 0.3) is 0 Å². The fourth-order valence-electron chi connectivity index (χ4n) is 1.73. The molecule has 0 aliphatic rings. The van der Waals surface area contributed by atoms with Gasteiger partial charge in [-0.05, 0) is 11.6 Å². The summed E-state index contributed by atoms with van der Waals surface area (Å²) in [4.78, 5) is 22.4. The van der Waals surface area contributed by atoms with Gasteiger partial charge in [-0.1, -0.05) is 25.1 Å². The van der Waals surface area contributed by atoms with Crippen molar-refractivity contribution in [2.45, 2.75) is 25.6 Å². The Morgan fingerprint density at radius 1 is 1.18 bits per heavy atom. The Hall–Kier alpha value is -2.09. The number of carbonyl (C=O) groups excluding carboxylic acids is 2. The maximum absolute atomic E-state index is 12.8. The number of hydrogen-bond donors (Lipinski definition) is 3. The lowest BCUT2D eigenvalue weighted by atomic mass is 10.0. The molecule has 0 heterocycles. The Balaban J connectivity index is 2.61. The number of benzene rings is 1. The molecule has 0 radical (unpaired) electrons. The van der Waals surface area contributed by atoms with Crippen molar-refractivity contribution in [3.05, 3.63) is 35.4 Å². The molecule has 0 fully saturated rings. The predicted octanol–water partition coefficient (Wildman–Crippen LogP) is 1.38. The molecule has 1 aromatic carbocycles. The Bertz CT molecular complexity index is 532. The molecule has 1 unspecified atom stereocenters. The molecule has 0 aromatic heterocycles. The maximum atomic E-state index is 12.8. The van der Waals surface area contributed by atoms with Gasteiger partial charge in [-0.2, -0.15) is 13.2 Å². The Kier molecular flexibility index (Phi) is 6.36. The van der Waals surface area contributed by atoms with Crippen molar-refractivity contribution in [2.24, 2.45) is 0 Å². The molecule has 0 bridgehead atoms. The molecule has 0 spiro atoms. The number of rotatable bonds is 6. The first kappa shape index (κ1) is 18.0. The van der Waals surface area contributed by atoms with E-state index in [0.717, 1.165) is 12.1 Å². The Labute approximate surface area is 125 Å². The summed E-state index contributed by atoms with van der Waals surface area (Å²) >= 11 is 0. The molecule has 1 rings (SSSR count). The van der Waals surface area contributed by atoms with Crippen molar-refractivity contribution < 1.29 is 27.9 Å². The first-order chi connectivity index (χ1) is 10.3. The standard InChI is InChI=1S/C14H17F3N2O3/c1-2-12(21)19-8-13(22)18-7-11(20)9-5-3-4-6-10(9)14(15,16)17/h3-6,11,20H,2,7-8H2,1H3,(H,18,22)(H,19,21). The summed E-state index contributed by atoms with van der Waals surface area (Å²) in [7, 11) is 0.